The van der Waals surface area contributed by atoms with Gasteiger partial charge in [-0.1, -0.05) is 0 Å². The number of likely N-dealkylation sites (N-methyl/N-ethyl adjacent to an activating group) is 1. The van der Waals surface area contributed by atoms with E-state index >= 15 is 0 Å². The molecule has 4 heteroatoms. The molecule has 0 saturated carbocycles. The van der Waals surface area contributed by atoms with Crippen LogP contribution in [0.2, 0.25) is 0 Å². The highest BCUT2D eigenvalue weighted by atomic mass is 16.2. The maximum atomic E-state index is 12.2. The molecular formula is C14H13N2O2+. The van der Waals surface area contributed by atoms with Gasteiger partial charge in [0.25, 0.3) is 0 Å². The van der Waals surface area contributed by atoms with Crippen molar-refractivity contribution in [2.45, 2.75) is 6.04 Å². The van der Waals surface area contributed by atoms with Crippen LogP contribution in [0.3, 0.4) is 0 Å². The topological polar surface area (TPSA) is 41.3 Å². The maximum absolute atomic E-state index is 12.2. The molecule has 1 unspecified atom stereocenters. The van der Waals surface area contributed by atoms with E-state index in [0.717, 1.165) is 11.3 Å². The van der Waals surface area contributed by atoms with Gasteiger partial charge in [0.15, 0.2) is 6.20 Å². The van der Waals surface area contributed by atoms with E-state index in [1.54, 1.807) is 17.0 Å². The van der Waals surface area contributed by atoms with Crippen LogP contribution in [0, 0.1) is 0 Å². The molecule has 18 heavy (non-hydrogen) atoms. The summed E-state index contributed by atoms with van der Waals surface area (Å²) in [6.07, 6.45) is 7.50. The molecule has 0 saturated heterocycles. The van der Waals surface area contributed by atoms with Crippen LogP contribution in [0.1, 0.15) is 16.1 Å². The SMILES string of the molecule is CN1C=CC=C2c3c(ccc[n+]3C)C(=O)C(=O)C21. The van der Waals surface area contributed by atoms with Gasteiger partial charge in [0.05, 0.1) is 11.1 Å². The van der Waals surface area contributed by atoms with Crippen molar-refractivity contribution in [3.05, 3.63) is 47.9 Å². The van der Waals surface area contributed by atoms with E-state index in [0.29, 0.717) is 5.56 Å². The van der Waals surface area contributed by atoms with E-state index in [1.165, 1.54) is 0 Å². The quantitative estimate of drug-likeness (QED) is 0.490. The van der Waals surface area contributed by atoms with Gasteiger partial charge < -0.3 is 4.90 Å². The number of nitrogens with zero attached hydrogens (tertiary/aromatic N) is 2. The van der Waals surface area contributed by atoms with E-state index in [9.17, 15) is 9.59 Å². The second kappa shape index (κ2) is 3.63. The number of Topliss-reactive ketones (excluding diaryl/α,β-unsaturated/α-hetero) is 2. The molecule has 0 fully saturated rings. The first kappa shape index (κ1) is 10.9. The van der Waals surface area contributed by atoms with Crippen molar-refractivity contribution in [1.82, 2.24) is 4.90 Å². The van der Waals surface area contributed by atoms with E-state index in [1.807, 2.05) is 43.2 Å². The number of pyridine rings is 1. The van der Waals surface area contributed by atoms with Gasteiger partial charge in [0.1, 0.15) is 13.1 Å². The Balaban J connectivity index is 2.33. The molecular weight excluding hydrogens is 228 g/mol. The van der Waals surface area contributed by atoms with Gasteiger partial charge in [-0.15, -0.1) is 0 Å². The second-order valence-corrected chi connectivity index (χ2v) is 4.61. The van der Waals surface area contributed by atoms with Gasteiger partial charge >= 0.3 is 0 Å². The zero-order chi connectivity index (χ0) is 12.9. The van der Waals surface area contributed by atoms with Crippen LogP contribution in [0.5, 0.6) is 0 Å². The third-order valence-electron chi connectivity index (χ3n) is 3.47. The predicted molar refractivity (Wildman–Crippen MR) is 65.6 cm³/mol. The van der Waals surface area contributed by atoms with Crippen LogP contribution >= 0.6 is 0 Å². The zero-order valence-electron chi connectivity index (χ0n) is 10.3. The van der Waals surface area contributed by atoms with Crippen molar-refractivity contribution in [2.75, 3.05) is 7.05 Å². The highest BCUT2D eigenvalue weighted by Crippen LogP contribution is 2.31. The van der Waals surface area contributed by atoms with Crippen molar-refractivity contribution in [2.24, 2.45) is 7.05 Å². The Labute approximate surface area is 105 Å². The lowest BCUT2D eigenvalue weighted by molar-refractivity contribution is -0.674. The Hall–Kier alpha value is -2.23. The summed E-state index contributed by atoms with van der Waals surface area (Å²) < 4.78 is 1.89. The van der Waals surface area contributed by atoms with Crippen LogP contribution in [0.15, 0.2) is 36.7 Å². The van der Waals surface area contributed by atoms with Gasteiger partial charge in [-0.3, -0.25) is 9.59 Å². The number of aromatic nitrogens is 1. The van der Waals surface area contributed by atoms with Crippen LogP contribution in [0.25, 0.3) is 5.57 Å². The number of aryl methyl sites for hydroxylation is 1. The lowest BCUT2D eigenvalue weighted by Gasteiger charge is -2.31. The van der Waals surface area contributed by atoms with E-state index in [4.69, 9.17) is 0 Å². The molecule has 0 amide bonds. The summed E-state index contributed by atoms with van der Waals surface area (Å²) in [5.41, 5.74) is 2.22. The summed E-state index contributed by atoms with van der Waals surface area (Å²) in [5, 5.41) is 0. The van der Waals surface area contributed by atoms with Crippen LogP contribution in [0.4, 0.5) is 0 Å². The second-order valence-electron chi connectivity index (χ2n) is 4.61. The Kier molecular flexibility index (Phi) is 2.20. The largest absolute Gasteiger partial charge is 0.366 e. The highest BCUT2D eigenvalue weighted by molar-refractivity contribution is 6.49. The fraction of sp³-hybridized carbons (Fsp3) is 0.214. The molecule has 0 aromatic carbocycles. The number of allylic oxidation sites excluding steroid dienone is 2. The zero-order valence-corrected chi connectivity index (χ0v) is 10.3. The maximum Gasteiger partial charge on any atom is 0.237 e. The molecule has 2 aliphatic rings. The van der Waals surface area contributed by atoms with Gasteiger partial charge in [0, 0.05) is 13.1 Å². The third-order valence-corrected chi connectivity index (χ3v) is 3.47. The molecule has 1 aromatic rings. The van der Waals surface area contributed by atoms with Crippen molar-refractivity contribution in [3.63, 3.8) is 0 Å². The Morgan fingerprint density at radius 1 is 1.33 bits per heavy atom. The molecule has 90 valence electrons. The van der Waals surface area contributed by atoms with Gasteiger partial charge in [0.2, 0.25) is 17.3 Å². The summed E-state index contributed by atoms with van der Waals surface area (Å²) in [7, 11) is 3.70. The number of hydrogen-bond acceptors (Lipinski definition) is 3. The minimum absolute atomic E-state index is 0.355. The summed E-state index contributed by atoms with van der Waals surface area (Å²) in [4.78, 5) is 26.1. The van der Waals surface area contributed by atoms with E-state index < -0.39 is 11.8 Å². The van der Waals surface area contributed by atoms with Gasteiger partial charge in [-0.2, -0.15) is 0 Å². The molecule has 3 rings (SSSR count). The summed E-state index contributed by atoms with van der Waals surface area (Å²) in [5.74, 6) is -0.752. The summed E-state index contributed by atoms with van der Waals surface area (Å²) >= 11 is 0. The minimum Gasteiger partial charge on any atom is -0.366 e. The van der Waals surface area contributed by atoms with Crippen LogP contribution in [-0.2, 0) is 11.8 Å². The average molecular weight is 241 g/mol. The lowest BCUT2D eigenvalue weighted by atomic mass is 9.83. The molecule has 0 bridgehead atoms. The lowest BCUT2D eigenvalue weighted by Crippen LogP contribution is -2.49. The predicted octanol–water partition coefficient (Wildman–Crippen LogP) is 0.488. The van der Waals surface area contributed by atoms with Crippen LogP contribution in [-0.4, -0.2) is 29.6 Å². The first-order chi connectivity index (χ1) is 8.61. The molecule has 0 N–H and O–H groups in total. The summed E-state index contributed by atoms with van der Waals surface area (Å²) in [6.45, 7) is 0. The molecule has 0 radical (unpaired) electrons. The molecule has 1 aliphatic carbocycles. The molecule has 1 aliphatic heterocycles. The first-order valence-electron chi connectivity index (χ1n) is 5.79. The van der Waals surface area contributed by atoms with Crippen LogP contribution < -0.4 is 4.57 Å². The molecule has 1 aromatic heterocycles. The fourth-order valence-electron chi connectivity index (χ4n) is 2.62. The number of hydrogen-bond donors (Lipinski definition) is 0. The number of rotatable bonds is 0. The normalized spacial score (nSPS) is 21.6. The van der Waals surface area contributed by atoms with Crippen molar-refractivity contribution in [3.8, 4) is 0 Å². The molecule has 0 spiro atoms. The summed E-state index contributed by atoms with van der Waals surface area (Å²) in [6, 6.07) is 3.02. The van der Waals surface area contributed by atoms with Crippen molar-refractivity contribution < 1.29 is 14.2 Å². The van der Waals surface area contributed by atoms with Gasteiger partial charge in [-0.25, -0.2) is 4.57 Å². The smallest absolute Gasteiger partial charge is 0.237 e. The first-order valence-corrected chi connectivity index (χ1v) is 5.79. The molecule has 1 atom stereocenters. The van der Waals surface area contributed by atoms with Gasteiger partial charge in [-0.05, 0) is 24.4 Å². The minimum atomic E-state index is -0.483. The highest BCUT2D eigenvalue weighted by Gasteiger charge is 2.44. The number of ketones is 2. The standard InChI is InChI=1S/C14H13N2O2/c1-15-7-4-6-10-11(15)9-5-3-8-16(2)12(9)14(18)13(10)17/h3-8,12H,1-2H3/q+1. The Morgan fingerprint density at radius 2 is 2.11 bits per heavy atom. The van der Waals surface area contributed by atoms with Crippen molar-refractivity contribution >= 4 is 17.1 Å². The Bertz CT molecular complexity index is 629. The number of carbonyl (C=O) groups is 2. The molecule has 4 nitrogen and oxygen atoms in total. The number of fused-ring (bicyclic) bond motifs is 3. The number of carbonyl (C=O) groups excluding carboxylic acids is 2. The Morgan fingerprint density at radius 3 is 2.89 bits per heavy atom. The van der Waals surface area contributed by atoms with E-state index in [2.05, 4.69) is 0 Å². The third kappa shape index (κ3) is 1.29. The monoisotopic (exact) mass is 241 g/mol. The average Bonchev–Trinajstić information content (AvgIpc) is 2.35. The van der Waals surface area contributed by atoms with Crippen molar-refractivity contribution in [1.29, 1.82) is 0 Å². The van der Waals surface area contributed by atoms with E-state index in [-0.39, 0.29) is 5.78 Å². The fourth-order valence-corrected chi connectivity index (χ4v) is 2.62. The molecule has 2 heterocycles.